The maximum Gasteiger partial charge on any atom is 0.258 e. The Bertz CT molecular complexity index is 639. The van der Waals surface area contributed by atoms with E-state index in [0.717, 1.165) is 0 Å². The molecule has 1 aromatic carbocycles. The minimum absolute atomic E-state index is 0.0110. The summed E-state index contributed by atoms with van der Waals surface area (Å²) in [6.45, 7) is 1.68. The van der Waals surface area contributed by atoms with E-state index in [2.05, 4.69) is 21.1 Å². The van der Waals surface area contributed by atoms with Gasteiger partial charge in [-0.15, -0.1) is 0 Å². The molecule has 0 aliphatic carbocycles. The molecule has 2 rings (SSSR count). The number of nitrogens with zero attached hydrogens (tertiary/aromatic N) is 2. The van der Waals surface area contributed by atoms with Gasteiger partial charge in [0.2, 0.25) is 0 Å². The van der Waals surface area contributed by atoms with Gasteiger partial charge in [-0.05, 0) is 25.1 Å². The van der Waals surface area contributed by atoms with Crippen LogP contribution in [0.2, 0.25) is 0 Å². The normalized spacial score (nSPS) is 17.5. The summed E-state index contributed by atoms with van der Waals surface area (Å²) in [6, 6.07) is 4.68. The topological polar surface area (TPSA) is 112 Å². The first-order valence-electron chi connectivity index (χ1n) is 6.07. The number of methoxy groups -OCH3 is 1. The lowest BCUT2D eigenvalue weighted by Gasteiger charge is -2.07. The van der Waals surface area contributed by atoms with Crippen molar-refractivity contribution >= 4 is 23.7 Å². The molecular weight excluding hydrogens is 276 g/mol. The van der Waals surface area contributed by atoms with Crippen LogP contribution in [0.4, 0.5) is 0 Å². The minimum Gasteiger partial charge on any atom is -0.504 e. The molecule has 110 valence electrons. The minimum atomic E-state index is -0.976. The fourth-order valence-electron chi connectivity index (χ4n) is 1.68. The van der Waals surface area contributed by atoms with Gasteiger partial charge in [0.05, 0.1) is 12.8 Å². The number of amides is 2. The highest BCUT2D eigenvalue weighted by Gasteiger charge is 2.28. The Hall–Kier alpha value is -2.90. The lowest BCUT2D eigenvalue weighted by atomic mass is 10.1. The molecular formula is C13H14N4O4. The first kappa shape index (κ1) is 14.5. The maximum absolute atomic E-state index is 11.7. The molecule has 0 radical (unpaired) electrons. The van der Waals surface area contributed by atoms with Crippen molar-refractivity contribution in [2.24, 2.45) is 16.1 Å². The summed E-state index contributed by atoms with van der Waals surface area (Å²) in [6.07, 6.45) is 1.21. The second-order valence-corrected chi connectivity index (χ2v) is 4.29. The molecule has 21 heavy (non-hydrogen) atoms. The number of hydrogen-bond donors (Lipinski definition) is 3. The first-order valence-corrected chi connectivity index (χ1v) is 6.07. The van der Waals surface area contributed by atoms with Gasteiger partial charge in [0, 0.05) is 11.8 Å². The fraction of sp³-hybridized carbons (Fsp3) is 0.231. The number of ether oxygens (including phenoxy) is 1. The molecule has 1 heterocycles. The average Bonchev–Trinajstić information content (AvgIpc) is 2.91. The van der Waals surface area contributed by atoms with Crippen molar-refractivity contribution in [2.75, 3.05) is 7.11 Å². The zero-order valence-electron chi connectivity index (χ0n) is 11.5. The quantitative estimate of drug-likeness (QED) is 0.410. The first-order chi connectivity index (χ1) is 10.0. The van der Waals surface area contributed by atoms with Crippen molar-refractivity contribution < 1.29 is 19.4 Å². The van der Waals surface area contributed by atoms with Gasteiger partial charge in [-0.3, -0.25) is 9.59 Å². The van der Waals surface area contributed by atoms with Crippen LogP contribution in [0.25, 0.3) is 0 Å². The lowest BCUT2D eigenvalue weighted by molar-refractivity contribution is -0.131. The predicted molar refractivity (Wildman–Crippen MR) is 75.1 cm³/mol. The van der Waals surface area contributed by atoms with Gasteiger partial charge >= 0.3 is 0 Å². The monoisotopic (exact) mass is 290 g/mol. The number of carbonyl (C=O) groups excluding carboxylic acids is 2. The van der Waals surface area contributed by atoms with Crippen LogP contribution in [0.3, 0.4) is 0 Å². The van der Waals surface area contributed by atoms with E-state index in [9.17, 15) is 14.7 Å². The van der Waals surface area contributed by atoms with Gasteiger partial charge < -0.3 is 9.84 Å². The third kappa shape index (κ3) is 3.16. The van der Waals surface area contributed by atoms with Crippen LogP contribution in [-0.4, -0.2) is 36.0 Å². The van der Waals surface area contributed by atoms with Gasteiger partial charge in [0.1, 0.15) is 0 Å². The smallest absolute Gasteiger partial charge is 0.258 e. The summed E-state index contributed by atoms with van der Waals surface area (Å²) in [5.74, 6) is -1.73. The zero-order valence-corrected chi connectivity index (χ0v) is 11.5. The molecule has 0 spiro atoms. The lowest BCUT2D eigenvalue weighted by Crippen LogP contribution is -2.34. The Morgan fingerprint density at radius 1 is 1.52 bits per heavy atom. The van der Waals surface area contributed by atoms with E-state index in [1.165, 1.54) is 19.4 Å². The SMILES string of the molecule is COc1cc(/C(C)=N\NC(=O)[C@H]2C=NNC2=O)ccc1O. The largest absolute Gasteiger partial charge is 0.504 e. The number of aromatic hydroxyl groups is 1. The molecule has 3 N–H and O–H groups in total. The standard InChI is InChI=1S/C13H14N4O4/c1-7(8-3-4-10(18)11(5-8)21-2)15-17-13(20)9-6-14-16-12(9)19/h3-6,9,18H,1-2H3,(H,16,19)(H,17,20)/b15-7-/t9-/m0/s1. The number of hydrazone groups is 2. The van der Waals surface area contributed by atoms with Crippen LogP contribution in [0.5, 0.6) is 11.5 Å². The van der Waals surface area contributed by atoms with E-state index in [0.29, 0.717) is 17.0 Å². The van der Waals surface area contributed by atoms with E-state index >= 15 is 0 Å². The highest BCUT2D eigenvalue weighted by Crippen LogP contribution is 2.26. The number of rotatable bonds is 4. The molecule has 0 unspecified atom stereocenters. The van der Waals surface area contributed by atoms with Gasteiger partial charge in [-0.2, -0.15) is 10.2 Å². The second kappa shape index (κ2) is 6.04. The number of nitrogens with one attached hydrogen (secondary N) is 2. The van der Waals surface area contributed by atoms with Crippen LogP contribution in [0.15, 0.2) is 28.4 Å². The summed E-state index contributed by atoms with van der Waals surface area (Å²) >= 11 is 0. The van der Waals surface area contributed by atoms with E-state index < -0.39 is 17.7 Å². The molecule has 1 aliphatic heterocycles. The van der Waals surface area contributed by atoms with Crippen LogP contribution in [0.1, 0.15) is 12.5 Å². The number of phenolic OH excluding ortho intramolecular Hbond substituents is 1. The molecule has 2 amide bonds. The van der Waals surface area contributed by atoms with Gasteiger partial charge in [0.15, 0.2) is 17.4 Å². The van der Waals surface area contributed by atoms with E-state index in [4.69, 9.17) is 4.74 Å². The Balaban J connectivity index is 2.09. The molecule has 1 aliphatic rings. The van der Waals surface area contributed by atoms with Crippen molar-refractivity contribution in [3.8, 4) is 11.5 Å². The van der Waals surface area contributed by atoms with Crippen LogP contribution < -0.4 is 15.6 Å². The molecule has 0 saturated carbocycles. The number of carbonyl (C=O) groups is 2. The van der Waals surface area contributed by atoms with Crippen LogP contribution >= 0.6 is 0 Å². The molecule has 1 aromatic rings. The number of phenols is 1. The summed E-state index contributed by atoms with van der Waals surface area (Å²) in [5.41, 5.74) is 5.63. The summed E-state index contributed by atoms with van der Waals surface area (Å²) < 4.78 is 4.99. The molecule has 8 heteroatoms. The molecule has 0 aromatic heterocycles. The average molecular weight is 290 g/mol. The third-order valence-corrected chi connectivity index (χ3v) is 2.89. The van der Waals surface area contributed by atoms with Gasteiger partial charge in [-0.25, -0.2) is 10.9 Å². The summed E-state index contributed by atoms with van der Waals surface area (Å²) in [5, 5.41) is 16.9. The van der Waals surface area contributed by atoms with Gasteiger partial charge in [-0.1, -0.05) is 0 Å². The molecule has 1 atom stereocenters. The maximum atomic E-state index is 11.7. The van der Waals surface area contributed by atoms with Crippen LogP contribution in [-0.2, 0) is 9.59 Å². The molecule has 0 fully saturated rings. The zero-order chi connectivity index (χ0) is 15.4. The second-order valence-electron chi connectivity index (χ2n) is 4.29. The van der Waals surface area contributed by atoms with E-state index in [1.54, 1.807) is 19.1 Å². The molecule has 0 saturated heterocycles. The highest BCUT2D eigenvalue weighted by molar-refractivity contribution is 6.15. The fourth-order valence-corrected chi connectivity index (χ4v) is 1.68. The van der Waals surface area contributed by atoms with Crippen molar-refractivity contribution in [2.45, 2.75) is 6.92 Å². The highest BCUT2D eigenvalue weighted by atomic mass is 16.5. The third-order valence-electron chi connectivity index (χ3n) is 2.89. The van der Waals surface area contributed by atoms with Crippen LogP contribution in [0, 0.1) is 5.92 Å². The Labute approximate surface area is 120 Å². The van der Waals surface area contributed by atoms with Crippen molar-refractivity contribution in [1.29, 1.82) is 0 Å². The summed E-state index contributed by atoms with van der Waals surface area (Å²) in [4.78, 5) is 23.0. The molecule has 0 bridgehead atoms. The Morgan fingerprint density at radius 3 is 2.90 bits per heavy atom. The Kier molecular flexibility index (Phi) is 4.17. The van der Waals surface area contributed by atoms with Crippen molar-refractivity contribution in [1.82, 2.24) is 10.9 Å². The molecule has 8 nitrogen and oxygen atoms in total. The number of benzene rings is 1. The summed E-state index contributed by atoms with van der Waals surface area (Å²) in [7, 11) is 1.44. The van der Waals surface area contributed by atoms with Crippen molar-refractivity contribution in [3.63, 3.8) is 0 Å². The Morgan fingerprint density at radius 2 is 2.29 bits per heavy atom. The number of hydrogen-bond acceptors (Lipinski definition) is 6. The predicted octanol–water partition coefficient (Wildman–Crippen LogP) is -0.0272. The van der Waals surface area contributed by atoms with Gasteiger partial charge in [0.25, 0.3) is 11.8 Å². The van der Waals surface area contributed by atoms with E-state index in [1.807, 2.05) is 0 Å². The van der Waals surface area contributed by atoms with Crippen molar-refractivity contribution in [3.05, 3.63) is 23.8 Å². The van der Waals surface area contributed by atoms with E-state index in [-0.39, 0.29) is 5.75 Å².